The smallest absolute Gasteiger partial charge is 0.273 e. The van der Waals surface area contributed by atoms with Gasteiger partial charge in [0, 0.05) is 24.3 Å². The molecule has 0 unspecified atom stereocenters. The Bertz CT molecular complexity index is 1070. The zero-order chi connectivity index (χ0) is 20.7. The second-order valence-electron chi connectivity index (χ2n) is 7.73. The molecule has 29 heavy (non-hydrogen) atoms. The van der Waals surface area contributed by atoms with Gasteiger partial charge in [0.1, 0.15) is 17.1 Å². The Morgan fingerprint density at radius 3 is 2.52 bits per heavy atom. The first-order valence-corrected chi connectivity index (χ1v) is 9.79. The Kier molecular flexibility index (Phi) is 4.88. The lowest BCUT2D eigenvalue weighted by Crippen LogP contribution is -2.31. The highest BCUT2D eigenvalue weighted by Gasteiger charge is 2.42. The van der Waals surface area contributed by atoms with Gasteiger partial charge in [-0.25, -0.2) is 0 Å². The molecule has 0 radical (unpaired) electrons. The number of hydrogen-bond acceptors (Lipinski definition) is 4. The fourth-order valence-electron chi connectivity index (χ4n) is 4.11. The number of phenols is 1. The van der Waals surface area contributed by atoms with Gasteiger partial charge in [-0.2, -0.15) is 5.10 Å². The summed E-state index contributed by atoms with van der Waals surface area (Å²) in [6.07, 6.45) is 0.496. The van der Waals surface area contributed by atoms with Crippen LogP contribution in [0.5, 0.6) is 5.75 Å². The molecule has 6 heteroatoms. The number of amides is 1. The Labute approximate surface area is 169 Å². The second kappa shape index (κ2) is 7.37. The van der Waals surface area contributed by atoms with Crippen molar-refractivity contribution in [1.29, 1.82) is 0 Å². The van der Waals surface area contributed by atoms with Gasteiger partial charge in [-0.05, 0) is 49.9 Å². The summed E-state index contributed by atoms with van der Waals surface area (Å²) in [6, 6.07) is 11.6. The molecule has 2 aromatic carbocycles. The number of carbonyl (C=O) groups is 1. The molecule has 1 atom stereocenters. The van der Waals surface area contributed by atoms with E-state index in [0.29, 0.717) is 29.9 Å². The van der Waals surface area contributed by atoms with Crippen molar-refractivity contribution in [2.24, 2.45) is 0 Å². The first-order valence-electron chi connectivity index (χ1n) is 9.79. The summed E-state index contributed by atoms with van der Waals surface area (Å²) in [7, 11) is 0. The Morgan fingerprint density at radius 2 is 1.83 bits per heavy atom. The van der Waals surface area contributed by atoms with Crippen molar-refractivity contribution in [2.45, 2.75) is 33.2 Å². The van der Waals surface area contributed by atoms with E-state index in [1.165, 1.54) is 0 Å². The third-order valence-electron chi connectivity index (χ3n) is 5.51. The highest BCUT2D eigenvalue weighted by molar-refractivity contribution is 6.00. The van der Waals surface area contributed by atoms with E-state index in [4.69, 9.17) is 0 Å². The molecule has 1 aromatic heterocycles. The Morgan fingerprint density at radius 1 is 1.10 bits per heavy atom. The van der Waals surface area contributed by atoms with Gasteiger partial charge in [0.25, 0.3) is 5.91 Å². The largest absolute Gasteiger partial charge is 0.507 e. The van der Waals surface area contributed by atoms with Crippen LogP contribution < -0.4 is 0 Å². The fourth-order valence-corrected chi connectivity index (χ4v) is 4.11. The number of carbonyl (C=O) groups excluding carboxylic acids is 1. The molecule has 1 aliphatic heterocycles. The van der Waals surface area contributed by atoms with Gasteiger partial charge in [0.05, 0.1) is 6.04 Å². The number of aliphatic hydroxyl groups is 1. The quantitative estimate of drug-likeness (QED) is 0.619. The van der Waals surface area contributed by atoms with Crippen LogP contribution in [-0.2, 0) is 0 Å². The predicted molar refractivity (Wildman–Crippen MR) is 111 cm³/mol. The molecule has 2 heterocycles. The van der Waals surface area contributed by atoms with Gasteiger partial charge in [0.2, 0.25) is 0 Å². The van der Waals surface area contributed by atoms with Crippen LogP contribution in [-0.4, -0.2) is 44.4 Å². The zero-order valence-corrected chi connectivity index (χ0v) is 16.9. The third kappa shape index (κ3) is 3.19. The lowest BCUT2D eigenvalue weighted by atomic mass is 9.93. The molecule has 3 aromatic rings. The van der Waals surface area contributed by atoms with E-state index in [0.717, 1.165) is 27.8 Å². The predicted octanol–water partition coefficient (Wildman–Crippen LogP) is 3.64. The number of aromatic hydroxyl groups is 1. The van der Waals surface area contributed by atoms with Crippen LogP contribution in [0, 0.1) is 20.8 Å². The minimum atomic E-state index is -0.321. The molecule has 0 saturated carbocycles. The SMILES string of the molecule is Cc1ccc([C@H]2c3c(-c4cc(C)cc(C)c4O)n[nH]c3C(=O)N2CCCO)cc1. The maximum atomic E-state index is 13.1. The zero-order valence-electron chi connectivity index (χ0n) is 16.9. The minimum absolute atomic E-state index is 0.0152. The van der Waals surface area contributed by atoms with Crippen LogP contribution >= 0.6 is 0 Å². The third-order valence-corrected chi connectivity index (χ3v) is 5.51. The molecule has 1 amide bonds. The molecule has 0 saturated heterocycles. The number of fused-ring (bicyclic) bond motifs is 1. The number of benzene rings is 2. The summed E-state index contributed by atoms with van der Waals surface area (Å²) in [5.74, 6) is 0.0375. The van der Waals surface area contributed by atoms with Crippen LogP contribution in [0.4, 0.5) is 0 Å². The molecule has 0 spiro atoms. The minimum Gasteiger partial charge on any atom is -0.507 e. The van der Waals surface area contributed by atoms with Crippen molar-refractivity contribution in [3.8, 4) is 17.0 Å². The van der Waals surface area contributed by atoms with E-state index in [9.17, 15) is 15.0 Å². The number of nitrogens with one attached hydrogen (secondary N) is 1. The highest BCUT2D eigenvalue weighted by atomic mass is 16.3. The normalized spacial score (nSPS) is 15.8. The van der Waals surface area contributed by atoms with Crippen LogP contribution in [0.15, 0.2) is 36.4 Å². The Hall–Kier alpha value is -3.12. The second-order valence-corrected chi connectivity index (χ2v) is 7.73. The van der Waals surface area contributed by atoms with Crippen molar-refractivity contribution in [1.82, 2.24) is 15.1 Å². The summed E-state index contributed by atoms with van der Waals surface area (Å²) >= 11 is 0. The van der Waals surface area contributed by atoms with E-state index in [2.05, 4.69) is 10.2 Å². The number of rotatable bonds is 5. The number of nitrogens with zero attached hydrogens (tertiary/aromatic N) is 2. The molecule has 6 nitrogen and oxygen atoms in total. The van der Waals surface area contributed by atoms with E-state index in [1.54, 1.807) is 4.90 Å². The molecule has 150 valence electrons. The number of aryl methyl sites for hydroxylation is 3. The number of H-pyrrole nitrogens is 1. The molecular weight excluding hydrogens is 366 g/mol. The molecular formula is C23H25N3O3. The number of aliphatic hydroxyl groups excluding tert-OH is 1. The van der Waals surface area contributed by atoms with E-state index >= 15 is 0 Å². The molecule has 0 fully saturated rings. The van der Waals surface area contributed by atoms with Gasteiger partial charge in [-0.15, -0.1) is 0 Å². The van der Waals surface area contributed by atoms with Crippen LogP contribution in [0.2, 0.25) is 0 Å². The van der Waals surface area contributed by atoms with Crippen molar-refractivity contribution in [3.63, 3.8) is 0 Å². The number of hydrogen-bond donors (Lipinski definition) is 3. The molecule has 1 aliphatic rings. The van der Waals surface area contributed by atoms with Crippen molar-refractivity contribution in [3.05, 3.63) is 69.9 Å². The van der Waals surface area contributed by atoms with Gasteiger partial charge in [0.15, 0.2) is 0 Å². The van der Waals surface area contributed by atoms with Gasteiger partial charge >= 0.3 is 0 Å². The maximum absolute atomic E-state index is 13.1. The summed E-state index contributed by atoms with van der Waals surface area (Å²) in [5.41, 5.74) is 6.33. The van der Waals surface area contributed by atoms with Gasteiger partial charge < -0.3 is 15.1 Å². The van der Waals surface area contributed by atoms with Gasteiger partial charge in [-0.1, -0.05) is 35.9 Å². The monoisotopic (exact) mass is 391 g/mol. The van der Waals surface area contributed by atoms with Crippen LogP contribution in [0.25, 0.3) is 11.3 Å². The molecule has 0 aliphatic carbocycles. The summed E-state index contributed by atoms with van der Waals surface area (Å²) in [6.45, 7) is 6.30. The molecule has 4 rings (SSSR count). The Balaban J connectivity index is 1.91. The first kappa shape index (κ1) is 19.2. The van der Waals surface area contributed by atoms with E-state index in [1.807, 2.05) is 57.2 Å². The van der Waals surface area contributed by atoms with Gasteiger partial charge in [-0.3, -0.25) is 9.89 Å². The van der Waals surface area contributed by atoms with Crippen molar-refractivity contribution in [2.75, 3.05) is 13.2 Å². The number of aromatic nitrogens is 2. The molecule has 0 bridgehead atoms. The van der Waals surface area contributed by atoms with Crippen molar-refractivity contribution < 1.29 is 15.0 Å². The number of aromatic amines is 1. The average molecular weight is 391 g/mol. The lowest BCUT2D eigenvalue weighted by Gasteiger charge is -2.26. The standard InChI is InChI=1S/C23H25N3O3/c1-13-5-7-16(8-6-13)21-18-19(17-12-14(2)11-15(3)22(17)28)24-25-20(18)23(29)26(21)9-4-10-27/h5-8,11-12,21,27-28H,4,9-10H2,1-3H3,(H,24,25)/t21-/m0/s1. The van der Waals surface area contributed by atoms with Crippen LogP contribution in [0.1, 0.15) is 50.8 Å². The first-order chi connectivity index (χ1) is 13.9. The maximum Gasteiger partial charge on any atom is 0.273 e. The molecule has 3 N–H and O–H groups in total. The topological polar surface area (TPSA) is 89.5 Å². The summed E-state index contributed by atoms with van der Waals surface area (Å²) in [4.78, 5) is 14.9. The van der Waals surface area contributed by atoms with Crippen molar-refractivity contribution >= 4 is 5.91 Å². The van der Waals surface area contributed by atoms with E-state index < -0.39 is 0 Å². The highest BCUT2D eigenvalue weighted by Crippen LogP contribution is 2.45. The average Bonchev–Trinajstić information content (AvgIpc) is 3.23. The summed E-state index contributed by atoms with van der Waals surface area (Å²) in [5, 5.41) is 27.3. The van der Waals surface area contributed by atoms with Crippen LogP contribution in [0.3, 0.4) is 0 Å². The summed E-state index contributed by atoms with van der Waals surface area (Å²) < 4.78 is 0. The number of phenolic OH excluding ortho intramolecular Hbond substituents is 1. The fraction of sp³-hybridized carbons (Fsp3) is 0.304. The van der Waals surface area contributed by atoms with E-state index in [-0.39, 0.29) is 24.3 Å². The lowest BCUT2D eigenvalue weighted by molar-refractivity contribution is 0.0732.